The molecule has 1 spiro atoms. The lowest BCUT2D eigenvalue weighted by Crippen LogP contribution is -2.47. The van der Waals surface area contributed by atoms with E-state index in [1.807, 2.05) is 5.01 Å². The predicted molar refractivity (Wildman–Crippen MR) is 72.8 cm³/mol. The Labute approximate surface area is 125 Å². The van der Waals surface area contributed by atoms with E-state index in [1.165, 1.54) is 0 Å². The topological polar surface area (TPSA) is 103 Å². The lowest BCUT2D eigenvalue weighted by atomic mass is 10.1. The van der Waals surface area contributed by atoms with Gasteiger partial charge < -0.3 is 9.47 Å². The largest absolute Gasteiger partial charge is 0.347 e. The van der Waals surface area contributed by atoms with Gasteiger partial charge in [0.15, 0.2) is 5.79 Å². The summed E-state index contributed by atoms with van der Waals surface area (Å²) < 4.78 is 11.3. The Morgan fingerprint density at radius 2 is 2.05 bits per heavy atom. The fraction of sp³-hybridized carbons (Fsp3) is 0.636. The van der Waals surface area contributed by atoms with E-state index in [2.05, 4.69) is 15.4 Å². The van der Waals surface area contributed by atoms with E-state index in [1.54, 1.807) is 0 Å². The fourth-order valence-corrected chi connectivity index (χ4v) is 2.60. The van der Waals surface area contributed by atoms with Gasteiger partial charge in [0.1, 0.15) is 6.20 Å². The molecule has 9 nitrogen and oxygen atoms in total. The van der Waals surface area contributed by atoms with Crippen LogP contribution in [-0.4, -0.2) is 52.0 Å². The smallest absolute Gasteiger partial charge is 0.330 e. The van der Waals surface area contributed by atoms with Crippen LogP contribution in [0, 0.1) is 10.1 Å². The van der Waals surface area contributed by atoms with Gasteiger partial charge in [-0.3, -0.25) is 15.5 Å². The molecule has 0 bridgehead atoms. The summed E-state index contributed by atoms with van der Waals surface area (Å²) in [4.78, 5) is 17.9. The maximum atomic E-state index is 11.0. The number of ether oxygens (including phenoxy) is 2. The first-order valence-corrected chi connectivity index (χ1v) is 6.92. The van der Waals surface area contributed by atoms with Gasteiger partial charge in [0, 0.05) is 25.9 Å². The second-order valence-corrected chi connectivity index (χ2v) is 5.17. The average Bonchev–Trinajstić information content (AvgIpc) is 2.90. The van der Waals surface area contributed by atoms with E-state index in [9.17, 15) is 10.1 Å². The number of hydrazine groups is 1. The Bertz CT molecular complexity index is 541. The maximum absolute atomic E-state index is 11.0. The highest BCUT2D eigenvalue weighted by Gasteiger charge is 2.40. The monoisotopic (exact) mass is 315 g/mol. The number of anilines is 1. The van der Waals surface area contributed by atoms with Crippen LogP contribution >= 0.6 is 11.6 Å². The van der Waals surface area contributed by atoms with Crippen molar-refractivity contribution >= 4 is 23.1 Å². The molecule has 0 aromatic carbocycles. The van der Waals surface area contributed by atoms with Crippen molar-refractivity contribution in [1.29, 1.82) is 0 Å². The number of aromatic nitrogens is 2. The van der Waals surface area contributed by atoms with Crippen molar-refractivity contribution in [2.45, 2.75) is 18.6 Å². The third-order valence-corrected chi connectivity index (χ3v) is 3.72. The molecule has 2 aliphatic rings. The van der Waals surface area contributed by atoms with Gasteiger partial charge in [0.25, 0.3) is 0 Å². The summed E-state index contributed by atoms with van der Waals surface area (Å²) >= 11 is 5.69. The fourth-order valence-electron chi connectivity index (χ4n) is 2.46. The highest BCUT2D eigenvalue weighted by molar-refractivity contribution is 6.28. The summed E-state index contributed by atoms with van der Waals surface area (Å²) in [5.41, 5.74) is 2.71. The zero-order valence-corrected chi connectivity index (χ0v) is 11.9. The summed E-state index contributed by atoms with van der Waals surface area (Å²) in [6.07, 6.45) is 2.46. The van der Waals surface area contributed by atoms with E-state index in [0.717, 1.165) is 6.20 Å². The molecule has 1 aromatic heterocycles. The van der Waals surface area contributed by atoms with Gasteiger partial charge >= 0.3 is 5.69 Å². The minimum atomic E-state index is -0.548. The highest BCUT2D eigenvalue weighted by Crippen LogP contribution is 2.32. The van der Waals surface area contributed by atoms with Crippen LogP contribution in [0.15, 0.2) is 6.20 Å². The Morgan fingerprint density at radius 3 is 2.67 bits per heavy atom. The summed E-state index contributed by atoms with van der Waals surface area (Å²) in [6.45, 7) is 2.47. The Morgan fingerprint density at radius 1 is 1.38 bits per heavy atom. The van der Waals surface area contributed by atoms with Crippen LogP contribution < -0.4 is 5.43 Å². The lowest BCUT2D eigenvalue weighted by Gasteiger charge is -2.37. The molecule has 3 rings (SSSR count). The summed E-state index contributed by atoms with van der Waals surface area (Å²) in [7, 11) is 0. The molecule has 1 aromatic rings. The Hall–Kier alpha value is -1.55. The summed E-state index contributed by atoms with van der Waals surface area (Å²) in [6, 6.07) is 0. The molecule has 10 heteroatoms. The van der Waals surface area contributed by atoms with E-state index < -0.39 is 10.7 Å². The van der Waals surface area contributed by atoms with Crippen molar-refractivity contribution in [3.63, 3.8) is 0 Å². The van der Waals surface area contributed by atoms with Gasteiger partial charge in [-0.2, -0.15) is 4.98 Å². The van der Waals surface area contributed by atoms with Crippen LogP contribution in [0.4, 0.5) is 11.5 Å². The Balaban J connectivity index is 1.68. The maximum Gasteiger partial charge on any atom is 0.330 e. The Kier molecular flexibility index (Phi) is 3.89. The molecule has 114 valence electrons. The molecule has 2 saturated heterocycles. The van der Waals surface area contributed by atoms with E-state index >= 15 is 0 Å². The number of nitro groups is 1. The van der Waals surface area contributed by atoms with Crippen LogP contribution in [0.1, 0.15) is 12.8 Å². The summed E-state index contributed by atoms with van der Waals surface area (Å²) in [5.74, 6) is -0.405. The first-order valence-electron chi connectivity index (χ1n) is 6.54. The van der Waals surface area contributed by atoms with Crippen molar-refractivity contribution in [3.8, 4) is 0 Å². The van der Waals surface area contributed by atoms with Crippen molar-refractivity contribution < 1.29 is 14.4 Å². The predicted octanol–water partition coefficient (Wildman–Crippen LogP) is 1.20. The molecule has 21 heavy (non-hydrogen) atoms. The van der Waals surface area contributed by atoms with Crippen LogP contribution in [0.3, 0.4) is 0 Å². The molecule has 0 aliphatic carbocycles. The van der Waals surface area contributed by atoms with Gasteiger partial charge in [0.2, 0.25) is 11.1 Å². The molecule has 0 radical (unpaired) electrons. The average molecular weight is 316 g/mol. The van der Waals surface area contributed by atoms with Crippen LogP contribution in [-0.2, 0) is 9.47 Å². The lowest BCUT2D eigenvalue weighted by molar-refractivity contribution is -0.384. The molecule has 0 unspecified atom stereocenters. The molecule has 0 atom stereocenters. The highest BCUT2D eigenvalue weighted by atomic mass is 35.5. The first kappa shape index (κ1) is 14.4. The molecule has 0 amide bonds. The molecule has 1 N–H and O–H groups in total. The van der Waals surface area contributed by atoms with E-state index in [-0.39, 0.29) is 16.8 Å². The number of rotatable bonds is 3. The molecule has 0 saturated carbocycles. The van der Waals surface area contributed by atoms with Crippen LogP contribution in [0.25, 0.3) is 0 Å². The third kappa shape index (κ3) is 3.05. The number of piperidine rings is 1. The van der Waals surface area contributed by atoms with Crippen molar-refractivity contribution in [2.24, 2.45) is 0 Å². The number of nitrogens with one attached hydrogen (secondary N) is 1. The quantitative estimate of drug-likeness (QED) is 0.504. The number of hydrogen-bond donors (Lipinski definition) is 1. The van der Waals surface area contributed by atoms with Gasteiger partial charge in [-0.1, -0.05) is 0 Å². The van der Waals surface area contributed by atoms with Gasteiger partial charge in [-0.05, 0) is 11.6 Å². The third-order valence-electron chi connectivity index (χ3n) is 3.54. The SMILES string of the molecule is O=[N+]([O-])c1cnc(Cl)nc1NN1CCC2(CC1)OCCO2. The van der Waals surface area contributed by atoms with Gasteiger partial charge in [0.05, 0.1) is 18.1 Å². The normalized spacial score (nSPS) is 21.6. The van der Waals surface area contributed by atoms with Gasteiger partial charge in [-0.25, -0.2) is 9.99 Å². The standard InChI is InChI=1S/C11H14ClN5O4/c12-10-13-7-8(17(18)19)9(14-10)15-16-3-1-11(2-4-16)20-5-6-21-11/h7H,1-6H2,(H,13,14,15). The molecular weight excluding hydrogens is 302 g/mol. The second-order valence-electron chi connectivity index (χ2n) is 4.84. The minimum Gasteiger partial charge on any atom is -0.347 e. The number of nitrogens with zero attached hydrogens (tertiary/aromatic N) is 4. The first-order chi connectivity index (χ1) is 10.1. The van der Waals surface area contributed by atoms with E-state index in [4.69, 9.17) is 21.1 Å². The number of halogens is 1. The van der Waals surface area contributed by atoms with Gasteiger partial charge in [-0.15, -0.1) is 0 Å². The molecule has 2 aliphatic heterocycles. The zero-order chi connectivity index (χ0) is 14.9. The van der Waals surface area contributed by atoms with Crippen LogP contribution in [0.5, 0.6) is 0 Å². The van der Waals surface area contributed by atoms with Crippen LogP contribution in [0.2, 0.25) is 5.28 Å². The van der Waals surface area contributed by atoms with Crippen molar-refractivity contribution in [3.05, 3.63) is 21.6 Å². The molecular formula is C11H14ClN5O4. The van der Waals surface area contributed by atoms with E-state index in [0.29, 0.717) is 39.1 Å². The van der Waals surface area contributed by atoms with Crippen molar-refractivity contribution in [2.75, 3.05) is 31.7 Å². The van der Waals surface area contributed by atoms with Crippen molar-refractivity contribution in [1.82, 2.24) is 15.0 Å². The zero-order valence-electron chi connectivity index (χ0n) is 11.1. The molecule has 3 heterocycles. The molecule has 2 fully saturated rings. The number of hydrogen-bond acceptors (Lipinski definition) is 8. The second kappa shape index (κ2) is 5.68. The minimum absolute atomic E-state index is 0.0426. The summed E-state index contributed by atoms with van der Waals surface area (Å²) in [5, 5.41) is 12.8.